The largest absolute Gasteiger partial charge is 0.341 e. The Kier molecular flexibility index (Phi) is 4.93. The molecule has 0 aliphatic carbocycles. The predicted octanol–water partition coefficient (Wildman–Crippen LogP) is 1.32. The first-order valence-electron chi connectivity index (χ1n) is 5.62. The van der Waals surface area contributed by atoms with Crippen LogP contribution < -0.4 is 5.73 Å². The summed E-state index contributed by atoms with van der Waals surface area (Å²) in [4.78, 5) is 13.8. The monoisotopic (exact) mass is 230 g/mol. The molecule has 1 rings (SSSR count). The summed E-state index contributed by atoms with van der Waals surface area (Å²) in [6.07, 6.45) is 1.89. The second-order valence-electron chi connectivity index (χ2n) is 4.70. The molecule has 1 aliphatic heterocycles. The van der Waals surface area contributed by atoms with E-state index in [1.54, 1.807) is 0 Å². The fourth-order valence-corrected chi connectivity index (χ4v) is 3.15. The second-order valence-corrected chi connectivity index (χ2v) is 5.85. The lowest BCUT2D eigenvalue weighted by atomic mass is 10.0. The smallest absolute Gasteiger partial charge is 0.239 e. The third kappa shape index (κ3) is 3.68. The SMILES string of the molecule is CC(C)CC(N)C(=O)N(C)C1CCSC1. The molecule has 0 bridgehead atoms. The van der Waals surface area contributed by atoms with Crippen LogP contribution in [0.15, 0.2) is 0 Å². The van der Waals surface area contributed by atoms with Crippen LogP contribution in [0.4, 0.5) is 0 Å². The molecule has 1 fully saturated rings. The summed E-state index contributed by atoms with van der Waals surface area (Å²) >= 11 is 1.92. The van der Waals surface area contributed by atoms with E-state index in [0.717, 1.165) is 18.6 Å². The molecule has 3 nitrogen and oxygen atoms in total. The summed E-state index contributed by atoms with van der Waals surface area (Å²) in [6.45, 7) is 4.19. The highest BCUT2D eigenvalue weighted by Gasteiger charge is 2.27. The van der Waals surface area contributed by atoms with Crippen LogP contribution in [0.5, 0.6) is 0 Å². The first-order chi connectivity index (χ1) is 7.02. The number of thioether (sulfide) groups is 1. The van der Waals surface area contributed by atoms with Crippen LogP contribution in [0, 0.1) is 5.92 Å². The Morgan fingerprint density at radius 3 is 2.73 bits per heavy atom. The van der Waals surface area contributed by atoms with Crippen LogP contribution >= 0.6 is 11.8 Å². The summed E-state index contributed by atoms with van der Waals surface area (Å²) < 4.78 is 0. The first kappa shape index (κ1) is 12.8. The fourth-order valence-electron chi connectivity index (χ4n) is 1.88. The lowest BCUT2D eigenvalue weighted by molar-refractivity contribution is -0.133. The molecule has 0 spiro atoms. The molecule has 2 N–H and O–H groups in total. The Bertz CT molecular complexity index is 215. The zero-order valence-corrected chi connectivity index (χ0v) is 10.7. The molecule has 0 aromatic carbocycles. The van der Waals surface area contributed by atoms with E-state index in [1.165, 1.54) is 5.75 Å². The Morgan fingerprint density at radius 2 is 2.27 bits per heavy atom. The van der Waals surface area contributed by atoms with Crippen LogP contribution in [0.2, 0.25) is 0 Å². The first-order valence-corrected chi connectivity index (χ1v) is 6.77. The molecular formula is C11H22N2OS. The Balaban J connectivity index is 2.43. The topological polar surface area (TPSA) is 46.3 Å². The van der Waals surface area contributed by atoms with Gasteiger partial charge in [-0.25, -0.2) is 0 Å². The number of rotatable bonds is 4. The quantitative estimate of drug-likeness (QED) is 0.792. The summed E-state index contributed by atoms with van der Waals surface area (Å²) in [7, 11) is 1.89. The molecule has 88 valence electrons. The number of amides is 1. The molecule has 15 heavy (non-hydrogen) atoms. The molecule has 4 heteroatoms. The Labute approximate surface area is 96.8 Å². The number of hydrogen-bond acceptors (Lipinski definition) is 3. The summed E-state index contributed by atoms with van der Waals surface area (Å²) in [6, 6.07) is 0.0845. The molecule has 0 saturated carbocycles. The van der Waals surface area contributed by atoms with E-state index in [9.17, 15) is 4.79 Å². The summed E-state index contributed by atoms with van der Waals surface area (Å²) in [5.41, 5.74) is 5.89. The van der Waals surface area contributed by atoms with Crippen LogP contribution in [-0.4, -0.2) is 41.4 Å². The minimum Gasteiger partial charge on any atom is -0.341 e. The highest BCUT2D eigenvalue weighted by Crippen LogP contribution is 2.22. The van der Waals surface area contributed by atoms with Gasteiger partial charge in [0, 0.05) is 18.8 Å². The Hall–Kier alpha value is -0.220. The third-order valence-electron chi connectivity index (χ3n) is 2.84. The van der Waals surface area contributed by atoms with Crippen molar-refractivity contribution in [1.82, 2.24) is 4.90 Å². The van der Waals surface area contributed by atoms with Crippen molar-refractivity contribution < 1.29 is 4.79 Å². The van der Waals surface area contributed by atoms with Gasteiger partial charge in [-0.2, -0.15) is 11.8 Å². The van der Waals surface area contributed by atoms with Crippen LogP contribution in [0.1, 0.15) is 26.7 Å². The number of likely N-dealkylation sites (N-methyl/N-ethyl adjacent to an activating group) is 1. The number of nitrogens with two attached hydrogens (primary N) is 1. The molecule has 1 amide bonds. The van der Waals surface area contributed by atoms with Gasteiger partial charge in [0.2, 0.25) is 5.91 Å². The number of carbonyl (C=O) groups excluding carboxylic acids is 1. The van der Waals surface area contributed by atoms with Gasteiger partial charge in [-0.05, 0) is 24.5 Å². The van der Waals surface area contributed by atoms with Crippen molar-refractivity contribution >= 4 is 17.7 Å². The molecule has 1 heterocycles. The van der Waals surface area contributed by atoms with Gasteiger partial charge in [0.15, 0.2) is 0 Å². The van der Waals surface area contributed by atoms with E-state index in [4.69, 9.17) is 5.73 Å². The van der Waals surface area contributed by atoms with E-state index in [0.29, 0.717) is 12.0 Å². The molecule has 0 radical (unpaired) electrons. The molecule has 2 unspecified atom stereocenters. The zero-order chi connectivity index (χ0) is 11.4. The predicted molar refractivity (Wildman–Crippen MR) is 65.9 cm³/mol. The number of carbonyl (C=O) groups is 1. The van der Waals surface area contributed by atoms with Crippen molar-refractivity contribution in [3.8, 4) is 0 Å². The zero-order valence-electron chi connectivity index (χ0n) is 9.90. The van der Waals surface area contributed by atoms with Gasteiger partial charge in [0.1, 0.15) is 0 Å². The van der Waals surface area contributed by atoms with Crippen molar-refractivity contribution in [2.24, 2.45) is 11.7 Å². The van der Waals surface area contributed by atoms with Crippen LogP contribution in [0.25, 0.3) is 0 Å². The molecule has 0 aromatic rings. The van der Waals surface area contributed by atoms with Crippen molar-refractivity contribution in [2.75, 3.05) is 18.6 Å². The maximum absolute atomic E-state index is 12.0. The van der Waals surface area contributed by atoms with E-state index >= 15 is 0 Å². The van der Waals surface area contributed by atoms with Gasteiger partial charge in [0.25, 0.3) is 0 Å². The van der Waals surface area contributed by atoms with E-state index in [-0.39, 0.29) is 11.9 Å². The lowest BCUT2D eigenvalue weighted by Gasteiger charge is -2.27. The van der Waals surface area contributed by atoms with Gasteiger partial charge in [0.05, 0.1) is 6.04 Å². The number of nitrogens with zero attached hydrogens (tertiary/aromatic N) is 1. The fraction of sp³-hybridized carbons (Fsp3) is 0.909. The molecular weight excluding hydrogens is 208 g/mol. The maximum atomic E-state index is 12.0. The van der Waals surface area contributed by atoms with E-state index < -0.39 is 0 Å². The minimum atomic E-state index is -0.319. The molecule has 2 atom stereocenters. The highest BCUT2D eigenvalue weighted by atomic mass is 32.2. The van der Waals surface area contributed by atoms with Crippen molar-refractivity contribution in [1.29, 1.82) is 0 Å². The van der Waals surface area contributed by atoms with E-state index in [2.05, 4.69) is 13.8 Å². The highest BCUT2D eigenvalue weighted by molar-refractivity contribution is 7.99. The lowest BCUT2D eigenvalue weighted by Crippen LogP contribution is -2.47. The van der Waals surface area contributed by atoms with Gasteiger partial charge >= 0.3 is 0 Å². The molecule has 0 aromatic heterocycles. The minimum absolute atomic E-state index is 0.108. The molecule has 1 saturated heterocycles. The van der Waals surface area contributed by atoms with Crippen molar-refractivity contribution in [3.63, 3.8) is 0 Å². The average molecular weight is 230 g/mol. The third-order valence-corrected chi connectivity index (χ3v) is 3.99. The average Bonchev–Trinajstić information content (AvgIpc) is 2.67. The van der Waals surface area contributed by atoms with Gasteiger partial charge < -0.3 is 10.6 Å². The van der Waals surface area contributed by atoms with Crippen LogP contribution in [0.3, 0.4) is 0 Å². The maximum Gasteiger partial charge on any atom is 0.239 e. The number of hydrogen-bond donors (Lipinski definition) is 1. The summed E-state index contributed by atoms with van der Waals surface area (Å²) in [5.74, 6) is 2.82. The van der Waals surface area contributed by atoms with Gasteiger partial charge in [-0.1, -0.05) is 13.8 Å². The van der Waals surface area contributed by atoms with Crippen molar-refractivity contribution in [2.45, 2.75) is 38.8 Å². The van der Waals surface area contributed by atoms with Gasteiger partial charge in [-0.3, -0.25) is 4.79 Å². The second kappa shape index (κ2) is 5.75. The van der Waals surface area contributed by atoms with E-state index in [1.807, 2.05) is 23.7 Å². The van der Waals surface area contributed by atoms with Gasteiger partial charge in [-0.15, -0.1) is 0 Å². The standard InChI is InChI=1S/C11H22N2OS/c1-8(2)6-10(12)11(14)13(3)9-4-5-15-7-9/h8-10H,4-7,12H2,1-3H3. The Morgan fingerprint density at radius 1 is 1.60 bits per heavy atom. The summed E-state index contributed by atoms with van der Waals surface area (Å²) in [5, 5.41) is 0. The molecule has 1 aliphatic rings. The normalized spacial score (nSPS) is 23.1. The van der Waals surface area contributed by atoms with Crippen molar-refractivity contribution in [3.05, 3.63) is 0 Å². The van der Waals surface area contributed by atoms with Crippen LogP contribution in [-0.2, 0) is 4.79 Å².